The van der Waals surface area contributed by atoms with Gasteiger partial charge >= 0.3 is 0 Å². The highest BCUT2D eigenvalue weighted by molar-refractivity contribution is 9.10. The molecule has 0 aliphatic rings. The number of quaternary nitrogens is 2. The van der Waals surface area contributed by atoms with Gasteiger partial charge in [0.05, 0.1) is 5.56 Å². The Hall–Kier alpha value is -1.48. The van der Waals surface area contributed by atoms with Crippen molar-refractivity contribution < 1.29 is 15.5 Å². The van der Waals surface area contributed by atoms with Crippen LogP contribution >= 0.6 is 15.9 Å². The number of nitrogens with one attached hydrogen (secondary N) is 2. The van der Waals surface area contributed by atoms with Crippen LogP contribution in [-0.2, 0) is 6.54 Å². The van der Waals surface area contributed by atoms with Gasteiger partial charge in [0.2, 0.25) is 0 Å². The number of rotatable bonds is 5. The molecule has 0 aromatic heterocycles. The van der Waals surface area contributed by atoms with Gasteiger partial charge < -0.3 is 20.4 Å². The Morgan fingerprint density at radius 3 is 2.27 bits per heavy atom. The average Bonchev–Trinajstić information content (AvgIpc) is 2.48. The Morgan fingerprint density at radius 1 is 1.09 bits per heavy atom. The van der Waals surface area contributed by atoms with Crippen molar-refractivity contribution in [1.82, 2.24) is 0 Å². The molecule has 0 saturated carbocycles. The van der Waals surface area contributed by atoms with E-state index in [-0.39, 0.29) is 17.3 Å². The maximum atomic E-state index is 12.3. The number of hydroxylamine groups is 1. The molecule has 2 unspecified atom stereocenters. The normalized spacial score (nSPS) is 13.7. The molecule has 0 fully saturated rings. The summed E-state index contributed by atoms with van der Waals surface area (Å²) in [5, 5.41) is 31.7. The van der Waals surface area contributed by atoms with Gasteiger partial charge in [-0.1, -0.05) is 15.9 Å². The summed E-state index contributed by atoms with van der Waals surface area (Å²) in [6, 6.07) is 12.2. The number of halogens is 1. The minimum atomic E-state index is -1.04. The molecule has 0 heterocycles. The van der Waals surface area contributed by atoms with Gasteiger partial charge in [0.25, 0.3) is 0 Å². The van der Waals surface area contributed by atoms with Crippen LogP contribution in [0.4, 0.5) is 17.1 Å². The van der Waals surface area contributed by atoms with Crippen LogP contribution in [0.25, 0.3) is 0 Å². The van der Waals surface area contributed by atoms with E-state index in [2.05, 4.69) is 15.9 Å². The van der Waals surface area contributed by atoms with Crippen LogP contribution in [0.5, 0.6) is 0 Å². The molecule has 3 N–H and O–H groups in total. The molecule has 2 atom stereocenters. The molecule has 0 bridgehead atoms. The van der Waals surface area contributed by atoms with Gasteiger partial charge in [0, 0.05) is 42.5 Å². The van der Waals surface area contributed by atoms with E-state index < -0.39 is 5.23 Å². The number of benzene rings is 2. The van der Waals surface area contributed by atoms with E-state index in [0.717, 1.165) is 5.69 Å². The molecule has 2 aromatic carbocycles. The summed E-state index contributed by atoms with van der Waals surface area (Å²) in [4.78, 5) is 1.95. The van der Waals surface area contributed by atoms with Crippen LogP contribution in [0.3, 0.4) is 0 Å². The first-order valence-corrected chi connectivity index (χ1v) is 7.50. The molecule has 0 spiro atoms. The number of anilines is 1. The van der Waals surface area contributed by atoms with Crippen LogP contribution in [0.15, 0.2) is 46.9 Å². The standard InChI is InChI=1S/C15H18BrN3O3/c1-17(2)13-5-7-14(8-6-13)18(20)10-11-3-4-12(16)9-15(11)19(21)22/h3-9,18-19,21H,10H2,1-2H3. The Morgan fingerprint density at radius 2 is 1.73 bits per heavy atom. The van der Waals surface area contributed by atoms with Gasteiger partial charge in [0.1, 0.15) is 12.2 Å². The lowest BCUT2D eigenvalue weighted by molar-refractivity contribution is -0.992. The molecular weight excluding hydrogens is 350 g/mol. The first-order chi connectivity index (χ1) is 10.4. The Labute approximate surface area is 137 Å². The lowest BCUT2D eigenvalue weighted by atomic mass is 10.1. The molecule has 2 aromatic rings. The minimum Gasteiger partial charge on any atom is -0.629 e. The second-order valence-electron chi connectivity index (χ2n) is 5.15. The van der Waals surface area contributed by atoms with E-state index in [9.17, 15) is 15.6 Å². The van der Waals surface area contributed by atoms with E-state index in [1.165, 1.54) is 6.07 Å². The maximum Gasteiger partial charge on any atom is 0.173 e. The molecule has 0 radical (unpaired) electrons. The zero-order valence-corrected chi connectivity index (χ0v) is 13.9. The largest absolute Gasteiger partial charge is 0.629 e. The summed E-state index contributed by atoms with van der Waals surface area (Å²) >= 11 is 3.24. The fraction of sp³-hybridized carbons (Fsp3) is 0.200. The summed E-state index contributed by atoms with van der Waals surface area (Å²) in [6.07, 6.45) is 0. The second kappa shape index (κ2) is 7.19. The van der Waals surface area contributed by atoms with Crippen molar-refractivity contribution >= 4 is 33.0 Å². The Bertz CT molecular complexity index is 632. The smallest absolute Gasteiger partial charge is 0.173 e. The lowest BCUT2D eigenvalue weighted by Gasteiger charge is -2.24. The minimum absolute atomic E-state index is 0.0657. The van der Waals surface area contributed by atoms with E-state index >= 15 is 0 Å². The van der Waals surface area contributed by atoms with Crippen LogP contribution < -0.4 is 15.2 Å². The zero-order chi connectivity index (χ0) is 16.3. The molecule has 2 rings (SSSR count). The van der Waals surface area contributed by atoms with Gasteiger partial charge in [-0.3, -0.25) is 0 Å². The summed E-state index contributed by atoms with van der Waals surface area (Å²) in [5.74, 6) is 0. The van der Waals surface area contributed by atoms with Crippen molar-refractivity contribution in [2.75, 3.05) is 19.0 Å². The predicted molar refractivity (Wildman–Crippen MR) is 88.4 cm³/mol. The average molecular weight is 368 g/mol. The van der Waals surface area contributed by atoms with E-state index in [4.69, 9.17) is 0 Å². The predicted octanol–water partition coefficient (Wildman–Crippen LogP) is 1.13. The third kappa shape index (κ3) is 4.04. The maximum absolute atomic E-state index is 12.3. The van der Waals surface area contributed by atoms with E-state index in [1.807, 2.05) is 31.1 Å². The molecule has 6 nitrogen and oxygen atoms in total. The van der Waals surface area contributed by atoms with Gasteiger partial charge in [-0.05, 0) is 24.3 Å². The highest BCUT2D eigenvalue weighted by Crippen LogP contribution is 2.18. The quantitative estimate of drug-likeness (QED) is 0.692. The van der Waals surface area contributed by atoms with Crippen molar-refractivity contribution in [2.45, 2.75) is 6.54 Å². The molecule has 0 amide bonds. The Balaban J connectivity index is 2.19. The lowest BCUT2D eigenvalue weighted by Crippen LogP contribution is -3.02. The van der Waals surface area contributed by atoms with Crippen LogP contribution in [0.2, 0.25) is 0 Å². The summed E-state index contributed by atoms with van der Waals surface area (Å²) in [6.45, 7) is 0.0657. The fourth-order valence-electron chi connectivity index (χ4n) is 2.12. The van der Waals surface area contributed by atoms with Crippen molar-refractivity contribution in [3.8, 4) is 0 Å². The molecule has 118 valence electrons. The third-order valence-corrected chi connectivity index (χ3v) is 3.85. The first-order valence-electron chi connectivity index (χ1n) is 6.71. The number of hydrogen-bond donors (Lipinski definition) is 3. The fourth-order valence-corrected chi connectivity index (χ4v) is 2.48. The highest BCUT2D eigenvalue weighted by Gasteiger charge is 2.14. The van der Waals surface area contributed by atoms with Crippen molar-refractivity contribution in [2.24, 2.45) is 0 Å². The second-order valence-corrected chi connectivity index (χ2v) is 6.06. The highest BCUT2D eigenvalue weighted by atomic mass is 79.9. The molecular formula is C15H18BrN3O3. The van der Waals surface area contributed by atoms with Crippen molar-refractivity contribution in [3.63, 3.8) is 0 Å². The molecule has 0 aliphatic heterocycles. The monoisotopic (exact) mass is 367 g/mol. The third-order valence-electron chi connectivity index (χ3n) is 3.36. The summed E-state index contributed by atoms with van der Waals surface area (Å²) < 4.78 is 0.677. The van der Waals surface area contributed by atoms with Crippen molar-refractivity contribution in [1.29, 1.82) is 0 Å². The number of nitrogens with zero attached hydrogens (tertiary/aromatic N) is 1. The van der Waals surface area contributed by atoms with Crippen LogP contribution in [0.1, 0.15) is 5.56 Å². The molecule has 22 heavy (non-hydrogen) atoms. The van der Waals surface area contributed by atoms with Crippen molar-refractivity contribution in [3.05, 3.63) is 62.9 Å². The van der Waals surface area contributed by atoms with Gasteiger partial charge in [-0.2, -0.15) is 5.23 Å². The Kier molecular flexibility index (Phi) is 5.52. The van der Waals surface area contributed by atoms with E-state index in [0.29, 0.717) is 15.7 Å². The SMILES string of the molecule is CN(C)c1ccc([NH+]([O-])Cc2ccc(Br)cc2[NH+]([O-])O)cc1. The summed E-state index contributed by atoms with van der Waals surface area (Å²) in [7, 11) is 3.86. The van der Waals surface area contributed by atoms with Crippen LogP contribution in [-0.4, -0.2) is 19.3 Å². The molecule has 0 saturated heterocycles. The van der Waals surface area contributed by atoms with Gasteiger partial charge in [-0.25, -0.2) is 5.21 Å². The molecule has 7 heteroatoms. The zero-order valence-electron chi connectivity index (χ0n) is 12.3. The topological polar surface area (TPSA) is 78.5 Å². The molecule has 0 aliphatic carbocycles. The van der Waals surface area contributed by atoms with Gasteiger partial charge in [0.15, 0.2) is 5.69 Å². The van der Waals surface area contributed by atoms with Gasteiger partial charge in [-0.15, -0.1) is 0 Å². The first kappa shape index (κ1) is 16.9. The number of hydrogen-bond acceptors (Lipinski definition) is 4. The summed E-state index contributed by atoms with van der Waals surface area (Å²) in [5.41, 5.74) is 2.24. The van der Waals surface area contributed by atoms with E-state index in [1.54, 1.807) is 24.3 Å². The van der Waals surface area contributed by atoms with Crippen LogP contribution in [0, 0.1) is 10.4 Å².